The molecule has 2 aromatic carbocycles. The molecule has 0 radical (unpaired) electrons. The summed E-state index contributed by atoms with van der Waals surface area (Å²) >= 11 is 0. The second-order valence-electron chi connectivity index (χ2n) is 5.91. The fourth-order valence-corrected chi connectivity index (χ4v) is 2.72. The van der Waals surface area contributed by atoms with Gasteiger partial charge in [0, 0.05) is 29.1 Å². The van der Waals surface area contributed by atoms with E-state index in [0.29, 0.717) is 11.3 Å². The summed E-state index contributed by atoms with van der Waals surface area (Å²) in [4.78, 5) is 10.5. The number of benzene rings is 2. The summed E-state index contributed by atoms with van der Waals surface area (Å²) in [5, 5.41) is 14.3. The number of nitrogens with one attached hydrogen (secondary N) is 1. The number of rotatable bonds is 4. The second-order valence-corrected chi connectivity index (χ2v) is 5.91. The maximum atomic E-state index is 10.9. The van der Waals surface area contributed by atoms with E-state index in [9.17, 15) is 10.1 Å². The minimum atomic E-state index is -0.395. The molecule has 1 N–H and O–H groups in total. The smallest absolute Gasteiger partial charge is 0.270 e. The van der Waals surface area contributed by atoms with E-state index in [1.165, 1.54) is 39.9 Å². The van der Waals surface area contributed by atoms with Crippen LogP contribution in [0.1, 0.15) is 47.2 Å². The van der Waals surface area contributed by atoms with E-state index in [1.807, 2.05) is 19.9 Å². The predicted molar refractivity (Wildman–Crippen MR) is 107 cm³/mol. The second kappa shape index (κ2) is 8.47. The molecular weight excluding hydrogens is 312 g/mol. The number of nitrogens with zero attached hydrogens (tertiary/aromatic N) is 1. The van der Waals surface area contributed by atoms with Crippen LogP contribution in [0.25, 0.3) is 5.70 Å². The normalized spacial score (nSPS) is 9.88. The number of non-ortho nitro benzene ring substituents is 1. The molecule has 0 aliphatic rings. The zero-order valence-electron chi connectivity index (χ0n) is 16.3. The summed E-state index contributed by atoms with van der Waals surface area (Å²) in [6.45, 7) is 18.6. The van der Waals surface area contributed by atoms with Gasteiger partial charge in [0.1, 0.15) is 0 Å². The topological polar surface area (TPSA) is 55.2 Å². The third kappa shape index (κ3) is 4.27. The minimum Gasteiger partial charge on any atom is -0.355 e. The van der Waals surface area contributed by atoms with Crippen LogP contribution in [0, 0.1) is 44.7 Å². The van der Waals surface area contributed by atoms with Crippen LogP contribution in [0.3, 0.4) is 0 Å². The Kier molecular flexibility index (Phi) is 6.92. The lowest BCUT2D eigenvalue weighted by Crippen LogP contribution is -2.06. The highest BCUT2D eigenvalue weighted by Crippen LogP contribution is 2.32. The Morgan fingerprint density at radius 1 is 0.960 bits per heavy atom. The lowest BCUT2D eigenvalue weighted by molar-refractivity contribution is -0.384. The van der Waals surface area contributed by atoms with Crippen LogP contribution in [0.15, 0.2) is 30.8 Å². The molecule has 0 aliphatic carbocycles. The summed E-state index contributed by atoms with van der Waals surface area (Å²) in [7, 11) is 0. The first-order valence-electron chi connectivity index (χ1n) is 8.51. The van der Waals surface area contributed by atoms with Crippen molar-refractivity contribution >= 4 is 17.1 Å². The van der Waals surface area contributed by atoms with Crippen LogP contribution < -0.4 is 5.32 Å². The Hall–Kier alpha value is -2.62. The number of anilines is 1. The van der Waals surface area contributed by atoms with E-state index in [0.717, 1.165) is 5.69 Å². The molecule has 0 bridgehead atoms. The number of nitro groups is 1. The zero-order chi connectivity index (χ0) is 19.3. The Morgan fingerprint density at radius 2 is 1.44 bits per heavy atom. The molecule has 4 nitrogen and oxygen atoms in total. The van der Waals surface area contributed by atoms with Crippen LogP contribution in [0.5, 0.6) is 0 Å². The van der Waals surface area contributed by atoms with Crippen molar-refractivity contribution in [2.45, 2.75) is 48.5 Å². The molecule has 134 valence electrons. The van der Waals surface area contributed by atoms with Crippen molar-refractivity contribution < 1.29 is 4.92 Å². The molecule has 25 heavy (non-hydrogen) atoms. The van der Waals surface area contributed by atoms with Crippen molar-refractivity contribution in [1.29, 1.82) is 0 Å². The van der Waals surface area contributed by atoms with Crippen LogP contribution in [0.4, 0.5) is 11.4 Å². The standard InChI is InChI=1S/C19H22N2O2.C2H6/c1-11-12(2)14(4)19(15(5)13(11)3)20-16(6)17-8-7-9-18(10-17)21(22)23;1-2/h7-10,20H,6H2,1-5H3;1-2H3. The fourth-order valence-electron chi connectivity index (χ4n) is 2.72. The molecule has 2 rings (SSSR count). The lowest BCUT2D eigenvalue weighted by atomic mass is 9.92. The zero-order valence-corrected chi connectivity index (χ0v) is 16.3. The number of nitro benzene ring substituents is 1. The van der Waals surface area contributed by atoms with Crippen LogP contribution >= 0.6 is 0 Å². The van der Waals surface area contributed by atoms with Gasteiger partial charge < -0.3 is 5.32 Å². The predicted octanol–water partition coefficient (Wildman–Crippen LogP) is 6.25. The lowest BCUT2D eigenvalue weighted by Gasteiger charge is -2.21. The summed E-state index contributed by atoms with van der Waals surface area (Å²) < 4.78 is 0. The van der Waals surface area contributed by atoms with Gasteiger partial charge in [-0.1, -0.05) is 32.6 Å². The molecule has 0 saturated heterocycles. The van der Waals surface area contributed by atoms with E-state index in [2.05, 4.69) is 46.5 Å². The van der Waals surface area contributed by atoms with Crippen molar-refractivity contribution in [2.24, 2.45) is 0 Å². The van der Waals surface area contributed by atoms with Gasteiger partial charge in [-0.25, -0.2) is 0 Å². The highest BCUT2D eigenvalue weighted by Gasteiger charge is 2.14. The van der Waals surface area contributed by atoms with Gasteiger partial charge >= 0.3 is 0 Å². The average Bonchev–Trinajstić information content (AvgIpc) is 2.63. The van der Waals surface area contributed by atoms with Gasteiger partial charge in [-0.2, -0.15) is 0 Å². The SMILES string of the molecule is C=C(Nc1c(C)c(C)c(C)c(C)c1C)c1cccc([N+](=O)[O-])c1.CC. The van der Waals surface area contributed by atoms with E-state index in [-0.39, 0.29) is 5.69 Å². The van der Waals surface area contributed by atoms with Crippen molar-refractivity contribution in [1.82, 2.24) is 0 Å². The number of hydrogen-bond acceptors (Lipinski definition) is 3. The van der Waals surface area contributed by atoms with Crippen molar-refractivity contribution in [2.75, 3.05) is 5.32 Å². The first-order chi connectivity index (χ1) is 11.7. The quantitative estimate of drug-likeness (QED) is 0.529. The Morgan fingerprint density at radius 3 is 1.92 bits per heavy atom. The average molecular weight is 340 g/mol. The van der Waals surface area contributed by atoms with Crippen LogP contribution in [0.2, 0.25) is 0 Å². The molecule has 0 atom stereocenters. The van der Waals surface area contributed by atoms with E-state index >= 15 is 0 Å². The third-order valence-electron chi connectivity index (χ3n) is 4.68. The first-order valence-corrected chi connectivity index (χ1v) is 8.51. The van der Waals surface area contributed by atoms with Crippen LogP contribution in [-0.2, 0) is 0 Å². The third-order valence-corrected chi connectivity index (χ3v) is 4.68. The number of hydrogen-bond donors (Lipinski definition) is 1. The van der Waals surface area contributed by atoms with Gasteiger partial charge in [0.15, 0.2) is 0 Å². The maximum Gasteiger partial charge on any atom is 0.270 e. The Labute approximate surface area is 150 Å². The monoisotopic (exact) mass is 340 g/mol. The molecule has 0 spiro atoms. The van der Waals surface area contributed by atoms with Crippen LogP contribution in [-0.4, -0.2) is 4.92 Å². The summed E-state index contributed by atoms with van der Waals surface area (Å²) in [5.41, 5.74) is 8.62. The highest BCUT2D eigenvalue weighted by atomic mass is 16.6. The van der Waals surface area contributed by atoms with E-state index in [1.54, 1.807) is 6.07 Å². The van der Waals surface area contributed by atoms with Gasteiger partial charge in [-0.15, -0.1) is 0 Å². The van der Waals surface area contributed by atoms with E-state index < -0.39 is 4.92 Å². The minimum absolute atomic E-state index is 0.0650. The summed E-state index contributed by atoms with van der Waals surface area (Å²) in [6, 6.07) is 6.51. The van der Waals surface area contributed by atoms with Crippen molar-refractivity contribution in [3.05, 3.63) is 74.3 Å². The Bertz CT molecular complexity index is 779. The first kappa shape index (κ1) is 20.4. The summed E-state index contributed by atoms with van der Waals surface area (Å²) in [5.74, 6) is 0. The van der Waals surface area contributed by atoms with Gasteiger partial charge in [0.05, 0.1) is 4.92 Å². The largest absolute Gasteiger partial charge is 0.355 e. The fraction of sp³-hybridized carbons (Fsp3) is 0.333. The molecule has 0 aliphatic heterocycles. The van der Waals surface area contributed by atoms with Gasteiger partial charge in [0.2, 0.25) is 0 Å². The molecule has 4 heteroatoms. The molecule has 0 aromatic heterocycles. The van der Waals surface area contributed by atoms with Gasteiger partial charge in [-0.05, 0) is 62.4 Å². The highest BCUT2D eigenvalue weighted by molar-refractivity contribution is 5.80. The molecule has 0 heterocycles. The summed E-state index contributed by atoms with van der Waals surface area (Å²) in [6.07, 6.45) is 0. The Balaban J connectivity index is 0.00000151. The molecule has 0 amide bonds. The van der Waals surface area contributed by atoms with Gasteiger partial charge in [-0.3, -0.25) is 10.1 Å². The molecule has 0 saturated carbocycles. The molecule has 0 unspecified atom stereocenters. The van der Waals surface area contributed by atoms with Crippen molar-refractivity contribution in [3.63, 3.8) is 0 Å². The van der Waals surface area contributed by atoms with Gasteiger partial charge in [0.25, 0.3) is 5.69 Å². The maximum absolute atomic E-state index is 10.9. The van der Waals surface area contributed by atoms with E-state index in [4.69, 9.17) is 0 Å². The molecular formula is C21H28N2O2. The molecule has 0 fully saturated rings. The molecule has 2 aromatic rings. The van der Waals surface area contributed by atoms with Crippen molar-refractivity contribution in [3.8, 4) is 0 Å².